The van der Waals surface area contributed by atoms with Crippen molar-refractivity contribution >= 4 is 0 Å². The van der Waals surface area contributed by atoms with Gasteiger partial charge in [0.05, 0.1) is 12.2 Å². The molecule has 1 unspecified atom stereocenters. The van der Waals surface area contributed by atoms with Crippen molar-refractivity contribution in [3.05, 3.63) is 29.8 Å². The monoisotopic (exact) mass is 234 g/mol. The van der Waals surface area contributed by atoms with Crippen molar-refractivity contribution in [3.8, 4) is 5.75 Å². The molecular weight excluding hydrogens is 212 g/mol. The smallest absolute Gasteiger partial charge is 0.119 e. The molecule has 17 heavy (non-hydrogen) atoms. The molecule has 2 heteroatoms. The molecule has 0 radical (unpaired) electrons. The first-order valence-corrected chi connectivity index (χ1v) is 6.57. The first kappa shape index (κ1) is 12.4. The van der Waals surface area contributed by atoms with Gasteiger partial charge in [0.15, 0.2) is 0 Å². The molecule has 1 atom stereocenters. The summed E-state index contributed by atoms with van der Waals surface area (Å²) in [5.41, 5.74) is 0.304. The summed E-state index contributed by atoms with van der Waals surface area (Å²) in [4.78, 5) is 0. The molecule has 1 saturated carbocycles. The predicted molar refractivity (Wildman–Crippen MR) is 69.1 cm³/mol. The van der Waals surface area contributed by atoms with Gasteiger partial charge in [-0.1, -0.05) is 31.9 Å². The van der Waals surface area contributed by atoms with Crippen molar-refractivity contribution in [1.29, 1.82) is 0 Å². The van der Waals surface area contributed by atoms with E-state index in [0.29, 0.717) is 0 Å². The minimum absolute atomic E-state index is 0.690. The Labute approximate surface area is 104 Å². The maximum absolute atomic E-state index is 10.4. The van der Waals surface area contributed by atoms with Crippen LogP contribution in [0.3, 0.4) is 0 Å². The topological polar surface area (TPSA) is 29.5 Å². The van der Waals surface area contributed by atoms with Gasteiger partial charge in [0.2, 0.25) is 0 Å². The normalized spacial score (nSPS) is 18.8. The maximum atomic E-state index is 10.4. The van der Waals surface area contributed by atoms with E-state index in [2.05, 4.69) is 6.92 Å². The second-order valence-electron chi connectivity index (χ2n) is 5.29. The summed E-state index contributed by atoms with van der Waals surface area (Å²) in [7, 11) is 0. The van der Waals surface area contributed by atoms with Crippen LogP contribution in [-0.2, 0) is 5.60 Å². The van der Waals surface area contributed by atoms with Crippen LogP contribution in [0.1, 0.15) is 45.1 Å². The van der Waals surface area contributed by atoms with Crippen LogP contribution in [-0.4, -0.2) is 11.7 Å². The van der Waals surface area contributed by atoms with E-state index < -0.39 is 5.60 Å². The van der Waals surface area contributed by atoms with Crippen molar-refractivity contribution in [3.63, 3.8) is 0 Å². The van der Waals surface area contributed by atoms with Gasteiger partial charge in [0, 0.05) is 0 Å². The van der Waals surface area contributed by atoms with E-state index in [9.17, 15) is 5.11 Å². The lowest BCUT2D eigenvalue weighted by Gasteiger charge is -2.24. The molecule has 2 rings (SSSR count). The Morgan fingerprint density at radius 1 is 1.29 bits per heavy atom. The summed E-state index contributed by atoms with van der Waals surface area (Å²) in [5.74, 6) is 1.61. The van der Waals surface area contributed by atoms with Crippen LogP contribution in [0.5, 0.6) is 5.75 Å². The van der Waals surface area contributed by atoms with Gasteiger partial charge >= 0.3 is 0 Å². The molecule has 0 aromatic heterocycles. The summed E-state index contributed by atoms with van der Waals surface area (Å²) in [6.45, 7) is 4.75. The lowest BCUT2D eigenvalue weighted by Crippen LogP contribution is -2.21. The van der Waals surface area contributed by atoms with Gasteiger partial charge in [0.25, 0.3) is 0 Å². The van der Waals surface area contributed by atoms with E-state index in [0.717, 1.165) is 36.7 Å². The molecule has 0 heterocycles. The van der Waals surface area contributed by atoms with Crippen LogP contribution in [0, 0.1) is 5.92 Å². The number of benzene rings is 1. The highest BCUT2D eigenvalue weighted by molar-refractivity contribution is 5.30. The average molecular weight is 234 g/mol. The molecule has 2 nitrogen and oxygen atoms in total. The molecule has 1 fully saturated rings. The summed E-state index contributed by atoms with van der Waals surface area (Å²) in [6.07, 6.45) is 4.44. The zero-order valence-corrected chi connectivity index (χ0v) is 10.8. The third kappa shape index (κ3) is 3.47. The largest absolute Gasteiger partial charge is 0.494 e. The molecule has 0 amide bonds. The average Bonchev–Trinajstić information content (AvgIpc) is 3.10. The molecule has 94 valence electrons. The van der Waals surface area contributed by atoms with Crippen molar-refractivity contribution in [2.24, 2.45) is 5.92 Å². The molecule has 1 N–H and O–H groups in total. The second kappa shape index (κ2) is 5.09. The quantitative estimate of drug-likeness (QED) is 0.816. The van der Waals surface area contributed by atoms with Crippen LogP contribution in [0.15, 0.2) is 24.3 Å². The van der Waals surface area contributed by atoms with Gasteiger partial charge < -0.3 is 9.84 Å². The molecule has 0 bridgehead atoms. The van der Waals surface area contributed by atoms with Crippen molar-refractivity contribution < 1.29 is 9.84 Å². The van der Waals surface area contributed by atoms with Crippen molar-refractivity contribution in [2.45, 2.75) is 45.1 Å². The minimum atomic E-state index is -0.690. The molecule has 1 aromatic carbocycles. The van der Waals surface area contributed by atoms with E-state index >= 15 is 0 Å². The van der Waals surface area contributed by atoms with Crippen LogP contribution in [0.2, 0.25) is 0 Å². The standard InChI is InChI=1S/C15H22O2/c1-3-10-17-14-8-6-13(7-9-14)15(2,16)11-12-4-5-12/h6-9,12,16H,3-5,10-11H2,1-2H3. The zero-order valence-electron chi connectivity index (χ0n) is 10.8. The Morgan fingerprint density at radius 2 is 1.94 bits per heavy atom. The number of rotatable bonds is 6. The predicted octanol–water partition coefficient (Wildman–Crippen LogP) is 3.48. The van der Waals surface area contributed by atoms with Crippen molar-refractivity contribution in [1.82, 2.24) is 0 Å². The van der Waals surface area contributed by atoms with Gasteiger partial charge in [-0.05, 0) is 43.4 Å². The fourth-order valence-electron chi connectivity index (χ4n) is 2.13. The highest BCUT2D eigenvalue weighted by atomic mass is 16.5. The maximum Gasteiger partial charge on any atom is 0.119 e. The van der Waals surface area contributed by atoms with Crippen molar-refractivity contribution in [2.75, 3.05) is 6.61 Å². The van der Waals surface area contributed by atoms with Crippen LogP contribution < -0.4 is 4.74 Å². The third-order valence-corrected chi connectivity index (χ3v) is 3.33. The fourth-order valence-corrected chi connectivity index (χ4v) is 2.13. The fraction of sp³-hybridized carbons (Fsp3) is 0.600. The zero-order chi connectivity index (χ0) is 12.3. The van der Waals surface area contributed by atoms with E-state index in [1.807, 2.05) is 31.2 Å². The number of ether oxygens (including phenoxy) is 1. The Balaban J connectivity index is 2.00. The van der Waals surface area contributed by atoms with E-state index in [1.165, 1.54) is 12.8 Å². The summed E-state index contributed by atoms with van der Waals surface area (Å²) in [5, 5.41) is 10.4. The van der Waals surface area contributed by atoms with Crippen LogP contribution >= 0.6 is 0 Å². The highest BCUT2D eigenvalue weighted by Crippen LogP contribution is 2.40. The van der Waals surface area contributed by atoms with E-state index in [1.54, 1.807) is 0 Å². The number of aliphatic hydroxyl groups is 1. The molecule has 1 aliphatic carbocycles. The molecular formula is C15H22O2. The number of hydrogen-bond acceptors (Lipinski definition) is 2. The minimum Gasteiger partial charge on any atom is -0.494 e. The SMILES string of the molecule is CCCOc1ccc(C(C)(O)CC2CC2)cc1. The highest BCUT2D eigenvalue weighted by Gasteiger charge is 2.32. The third-order valence-electron chi connectivity index (χ3n) is 3.33. The summed E-state index contributed by atoms with van der Waals surface area (Å²) < 4.78 is 5.53. The summed E-state index contributed by atoms with van der Waals surface area (Å²) in [6, 6.07) is 7.86. The van der Waals surface area contributed by atoms with Gasteiger partial charge in [-0.15, -0.1) is 0 Å². The van der Waals surface area contributed by atoms with Gasteiger partial charge in [-0.2, -0.15) is 0 Å². The molecule has 0 spiro atoms. The van der Waals surface area contributed by atoms with E-state index in [-0.39, 0.29) is 0 Å². The van der Waals surface area contributed by atoms with Gasteiger partial charge in [-0.3, -0.25) is 0 Å². The first-order chi connectivity index (χ1) is 8.12. The summed E-state index contributed by atoms with van der Waals surface area (Å²) >= 11 is 0. The molecule has 0 saturated heterocycles. The van der Waals surface area contributed by atoms with E-state index in [4.69, 9.17) is 4.74 Å². The Morgan fingerprint density at radius 3 is 2.47 bits per heavy atom. The number of hydrogen-bond donors (Lipinski definition) is 1. The Hall–Kier alpha value is -1.02. The molecule has 1 aliphatic rings. The Bertz CT molecular complexity index is 350. The van der Waals surface area contributed by atoms with Crippen LogP contribution in [0.25, 0.3) is 0 Å². The second-order valence-corrected chi connectivity index (χ2v) is 5.29. The molecule has 1 aromatic rings. The first-order valence-electron chi connectivity index (χ1n) is 6.57. The lowest BCUT2D eigenvalue weighted by molar-refractivity contribution is 0.0417. The van der Waals surface area contributed by atoms with Gasteiger partial charge in [0.1, 0.15) is 5.75 Å². The lowest BCUT2D eigenvalue weighted by atomic mass is 9.90. The molecule has 0 aliphatic heterocycles. The van der Waals surface area contributed by atoms with Gasteiger partial charge in [-0.25, -0.2) is 0 Å². The Kier molecular flexibility index (Phi) is 3.72. The van der Waals surface area contributed by atoms with Crippen LogP contribution in [0.4, 0.5) is 0 Å².